The first-order valence-electron chi connectivity index (χ1n) is 8.19. The van der Waals surface area contributed by atoms with Crippen molar-refractivity contribution in [3.05, 3.63) is 33.8 Å². The van der Waals surface area contributed by atoms with E-state index in [2.05, 4.69) is 22.0 Å². The Bertz CT molecular complexity index is 747. The first-order valence-corrected chi connectivity index (χ1v) is 8.99. The highest BCUT2D eigenvalue weighted by molar-refractivity contribution is 9.10. The minimum absolute atomic E-state index is 0.152. The Balaban J connectivity index is 1.97. The molecule has 0 saturated heterocycles. The molecule has 6 heteroatoms. The summed E-state index contributed by atoms with van der Waals surface area (Å²) < 4.78 is 12.7. The molecule has 4 rings (SSSR count). The van der Waals surface area contributed by atoms with Crippen molar-refractivity contribution in [2.24, 2.45) is 11.7 Å². The zero-order valence-corrected chi connectivity index (χ0v) is 15.0. The first kappa shape index (κ1) is 16.0. The number of hydrogen-bond donors (Lipinski definition) is 2. The normalized spacial score (nSPS) is 33.2. The highest BCUT2D eigenvalue weighted by Crippen LogP contribution is 2.58. The van der Waals surface area contributed by atoms with Crippen LogP contribution in [0.4, 0.5) is 0 Å². The molecule has 5 nitrogen and oxygen atoms in total. The summed E-state index contributed by atoms with van der Waals surface area (Å²) >= 11 is 3.64. The second-order valence-corrected chi connectivity index (χ2v) is 7.75. The smallest absolute Gasteiger partial charge is 0.220 e. The number of aliphatic hydroxyl groups excluding tert-OH is 1. The topological polar surface area (TPSA) is 81.8 Å². The van der Waals surface area contributed by atoms with Crippen LogP contribution in [0.25, 0.3) is 0 Å². The molecular weight excluding hydrogens is 374 g/mol. The standard InChI is InChI=1S/C18H20BrNO4/c1-23-13-8-12(19)11-6-9(17(20)22)2-4-18-5-3-10(21)7-14(18)24-16(13)15(11)18/h3,5,8-10,14,21H,2,4,6-7H2,1H3,(H2,20,22)/t9?,10-,14?,18?/m0/s1. The van der Waals surface area contributed by atoms with E-state index in [0.717, 1.165) is 27.8 Å². The Morgan fingerprint density at radius 2 is 2.33 bits per heavy atom. The Morgan fingerprint density at radius 3 is 3.04 bits per heavy atom. The van der Waals surface area contributed by atoms with Gasteiger partial charge in [0.25, 0.3) is 0 Å². The van der Waals surface area contributed by atoms with Crippen LogP contribution in [0.2, 0.25) is 0 Å². The summed E-state index contributed by atoms with van der Waals surface area (Å²) in [5.41, 5.74) is 7.45. The van der Waals surface area contributed by atoms with Gasteiger partial charge in [-0.25, -0.2) is 0 Å². The molecule has 1 spiro atoms. The molecule has 4 atom stereocenters. The van der Waals surface area contributed by atoms with E-state index in [1.807, 2.05) is 12.1 Å². The van der Waals surface area contributed by atoms with Crippen molar-refractivity contribution >= 4 is 21.8 Å². The lowest BCUT2D eigenvalue weighted by molar-refractivity contribution is -0.122. The highest BCUT2D eigenvalue weighted by atomic mass is 79.9. The number of amides is 1. The molecule has 1 aliphatic heterocycles. The largest absolute Gasteiger partial charge is 0.493 e. The van der Waals surface area contributed by atoms with Gasteiger partial charge in [0.15, 0.2) is 11.5 Å². The number of halogens is 1. The summed E-state index contributed by atoms with van der Waals surface area (Å²) in [6.07, 6.45) is 5.85. The van der Waals surface area contributed by atoms with E-state index in [1.165, 1.54) is 0 Å². The molecule has 1 amide bonds. The van der Waals surface area contributed by atoms with Crippen LogP contribution in [-0.2, 0) is 16.6 Å². The molecule has 24 heavy (non-hydrogen) atoms. The maximum atomic E-state index is 11.9. The van der Waals surface area contributed by atoms with Gasteiger partial charge in [0.1, 0.15) is 6.10 Å². The Labute approximate surface area is 148 Å². The van der Waals surface area contributed by atoms with Crippen LogP contribution < -0.4 is 15.2 Å². The van der Waals surface area contributed by atoms with Crippen molar-refractivity contribution in [3.63, 3.8) is 0 Å². The average molecular weight is 394 g/mol. The van der Waals surface area contributed by atoms with Crippen molar-refractivity contribution in [1.29, 1.82) is 0 Å². The molecule has 1 aromatic carbocycles. The number of methoxy groups -OCH3 is 1. The van der Waals surface area contributed by atoms with Crippen LogP contribution in [-0.4, -0.2) is 30.3 Å². The molecule has 0 bridgehead atoms. The van der Waals surface area contributed by atoms with Gasteiger partial charge in [-0.3, -0.25) is 4.79 Å². The Morgan fingerprint density at radius 1 is 1.54 bits per heavy atom. The summed E-state index contributed by atoms with van der Waals surface area (Å²) in [5.74, 6) is 0.958. The van der Waals surface area contributed by atoms with Crippen molar-refractivity contribution in [1.82, 2.24) is 0 Å². The maximum Gasteiger partial charge on any atom is 0.220 e. The monoisotopic (exact) mass is 393 g/mol. The number of primary amides is 1. The summed E-state index contributed by atoms with van der Waals surface area (Å²) in [6, 6.07) is 1.89. The van der Waals surface area contributed by atoms with E-state index in [4.69, 9.17) is 15.2 Å². The summed E-state index contributed by atoms with van der Waals surface area (Å²) in [6.45, 7) is 0. The van der Waals surface area contributed by atoms with E-state index < -0.39 is 6.10 Å². The number of hydrogen-bond acceptors (Lipinski definition) is 4. The van der Waals surface area contributed by atoms with Crippen molar-refractivity contribution < 1.29 is 19.4 Å². The van der Waals surface area contributed by atoms with E-state index in [-0.39, 0.29) is 23.3 Å². The Hall–Kier alpha value is -1.53. The fourth-order valence-corrected chi connectivity index (χ4v) is 4.99. The fraction of sp³-hybridized carbons (Fsp3) is 0.500. The van der Waals surface area contributed by atoms with E-state index in [0.29, 0.717) is 25.0 Å². The zero-order chi connectivity index (χ0) is 17.1. The molecule has 128 valence electrons. The van der Waals surface area contributed by atoms with Gasteiger partial charge in [0.2, 0.25) is 5.91 Å². The molecule has 0 aromatic heterocycles. The van der Waals surface area contributed by atoms with E-state index >= 15 is 0 Å². The zero-order valence-electron chi connectivity index (χ0n) is 13.4. The van der Waals surface area contributed by atoms with Gasteiger partial charge in [-0.1, -0.05) is 28.1 Å². The quantitative estimate of drug-likeness (QED) is 0.754. The van der Waals surface area contributed by atoms with Gasteiger partial charge in [-0.05, 0) is 30.9 Å². The van der Waals surface area contributed by atoms with Crippen LogP contribution in [0.1, 0.15) is 30.4 Å². The molecular formula is C18H20BrNO4. The lowest BCUT2D eigenvalue weighted by Gasteiger charge is -2.35. The highest BCUT2D eigenvalue weighted by Gasteiger charge is 2.53. The summed E-state index contributed by atoms with van der Waals surface area (Å²) in [7, 11) is 1.62. The van der Waals surface area contributed by atoms with Crippen LogP contribution in [0.5, 0.6) is 11.5 Å². The molecule has 1 heterocycles. The molecule has 0 radical (unpaired) electrons. The Kier molecular flexibility index (Phi) is 3.65. The van der Waals surface area contributed by atoms with Gasteiger partial charge in [0.05, 0.1) is 18.6 Å². The lowest BCUT2D eigenvalue weighted by Crippen LogP contribution is -2.42. The third-order valence-electron chi connectivity index (χ3n) is 5.65. The van der Waals surface area contributed by atoms with E-state index in [9.17, 15) is 9.90 Å². The van der Waals surface area contributed by atoms with Gasteiger partial charge >= 0.3 is 0 Å². The number of carbonyl (C=O) groups excluding carboxylic acids is 1. The number of ether oxygens (including phenoxy) is 2. The molecule has 2 aliphatic carbocycles. The van der Waals surface area contributed by atoms with Crippen LogP contribution in [0.3, 0.4) is 0 Å². The number of benzene rings is 1. The van der Waals surface area contributed by atoms with Gasteiger partial charge in [-0.2, -0.15) is 0 Å². The first-order chi connectivity index (χ1) is 11.5. The second-order valence-electron chi connectivity index (χ2n) is 6.89. The minimum Gasteiger partial charge on any atom is -0.493 e. The number of carbonyl (C=O) groups is 1. The fourth-order valence-electron chi connectivity index (χ4n) is 4.42. The second kappa shape index (κ2) is 5.49. The van der Waals surface area contributed by atoms with Gasteiger partial charge < -0.3 is 20.3 Å². The molecule has 0 fully saturated rings. The van der Waals surface area contributed by atoms with Crippen LogP contribution in [0, 0.1) is 5.92 Å². The summed E-state index contributed by atoms with van der Waals surface area (Å²) in [5, 5.41) is 10.0. The predicted octanol–water partition coefficient (Wildman–Crippen LogP) is 2.22. The van der Waals surface area contributed by atoms with Gasteiger partial charge in [-0.15, -0.1) is 0 Å². The predicted molar refractivity (Wildman–Crippen MR) is 92.2 cm³/mol. The molecule has 0 saturated carbocycles. The molecule has 1 aromatic rings. The average Bonchev–Trinajstić information content (AvgIpc) is 2.76. The lowest BCUT2D eigenvalue weighted by atomic mass is 9.69. The SMILES string of the molecule is COc1cc(Br)c2c3c1OC1C[C@@H](O)C=CC31CCC(C(N)=O)C2. The van der Waals surface area contributed by atoms with Crippen LogP contribution >= 0.6 is 15.9 Å². The van der Waals surface area contributed by atoms with E-state index in [1.54, 1.807) is 7.11 Å². The number of aliphatic hydroxyl groups is 1. The summed E-state index contributed by atoms with van der Waals surface area (Å²) in [4.78, 5) is 11.9. The third kappa shape index (κ3) is 2.12. The van der Waals surface area contributed by atoms with Crippen molar-refractivity contribution in [2.45, 2.75) is 43.3 Å². The molecule has 3 unspecified atom stereocenters. The van der Waals surface area contributed by atoms with Gasteiger partial charge in [0, 0.05) is 22.4 Å². The molecule has 3 N–H and O–H groups in total. The van der Waals surface area contributed by atoms with Crippen LogP contribution in [0.15, 0.2) is 22.7 Å². The number of rotatable bonds is 2. The number of nitrogens with two attached hydrogens (primary N) is 1. The maximum absolute atomic E-state index is 11.9. The minimum atomic E-state index is -0.511. The van der Waals surface area contributed by atoms with Crippen molar-refractivity contribution in [2.75, 3.05) is 7.11 Å². The van der Waals surface area contributed by atoms with Crippen molar-refractivity contribution in [3.8, 4) is 11.5 Å². The third-order valence-corrected chi connectivity index (χ3v) is 6.36. The molecule has 3 aliphatic rings.